The third kappa shape index (κ3) is 3.89. The zero-order valence-corrected chi connectivity index (χ0v) is 13.0. The normalized spacial score (nSPS) is 12.5. The Morgan fingerprint density at radius 3 is 2.72 bits per heavy atom. The molecule has 0 aliphatic rings. The van der Waals surface area contributed by atoms with Crippen LogP contribution in [0.25, 0.3) is 0 Å². The Bertz CT molecular complexity index is 368. The Kier molecular flexibility index (Phi) is 6.50. The van der Waals surface area contributed by atoms with E-state index in [1.807, 2.05) is 25.0 Å². The van der Waals surface area contributed by atoms with Crippen molar-refractivity contribution in [3.63, 3.8) is 0 Å². The highest BCUT2D eigenvalue weighted by Gasteiger charge is 2.15. The minimum atomic E-state index is 0.557. The molecule has 0 aliphatic heterocycles. The average Bonchev–Trinajstić information content (AvgIpc) is 2.36. The van der Waals surface area contributed by atoms with Crippen LogP contribution in [0.4, 0.5) is 5.82 Å². The lowest BCUT2D eigenvalue weighted by Gasteiger charge is -2.29. The Labute approximate surface area is 115 Å². The summed E-state index contributed by atoms with van der Waals surface area (Å²) in [6, 6.07) is 2.78. The van der Waals surface area contributed by atoms with Crippen LogP contribution in [0, 0.1) is 6.92 Å². The minimum Gasteiger partial charge on any atom is -0.356 e. The standard InChI is InChI=1S/C14H25N3S/c1-6-13(10-18-5)17(4)14-11(2)7-12(8-15-3)9-16-14/h7,9,13,15H,6,8,10H2,1-5H3. The molecule has 1 aromatic rings. The second kappa shape index (κ2) is 7.64. The number of thioether (sulfide) groups is 1. The van der Waals surface area contributed by atoms with Gasteiger partial charge in [0.2, 0.25) is 0 Å². The van der Waals surface area contributed by atoms with Crippen molar-refractivity contribution in [2.75, 3.05) is 31.0 Å². The molecule has 1 aromatic heterocycles. The predicted molar refractivity (Wildman–Crippen MR) is 82.6 cm³/mol. The Balaban J connectivity index is 2.87. The smallest absolute Gasteiger partial charge is 0.131 e. The third-order valence-corrected chi connectivity index (χ3v) is 3.92. The molecule has 1 heterocycles. The van der Waals surface area contributed by atoms with Gasteiger partial charge in [-0.2, -0.15) is 11.8 Å². The highest BCUT2D eigenvalue weighted by molar-refractivity contribution is 7.98. The first-order valence-electron chi connectivity index (χ1n) is 6.45. The van der Waals surface area contributed by atoms with E-state index in [1.54, 1.807) is 0 Å². The highest BCUT2D eigenvalue weighted by Crippen LogP contribution is 2.21. The zero-order valence-electron chi connectivity index (χ0n) is 12.2. The first kappa shape index (κ1) is 15.3. The minimum absolute atomic E-state index is 0.557. The fourth-order valence-corrected chi connectivity index (χ4v) is 3.01. The van der Waals surface area contributed by atoms with Crippen LogP contribution in [0.15, 0.2) is 12.3 Å². The van der Waals surface area contributed by atoms with Crippen molar-refractivity contribution in [3.05, 3.63) is 23.4 Å². The number of pyridine rings is 1. The number of nitrogens with zero attached hydrogens (tertiary/aromatic N) is 2. The van der Waals surface area contributed by atoms with Gasteiger partial charge < -0.3 is 10.2 Å². The Morgan fingerprint density at radius 2 is 2.22 bits per heavy atom. The third-order valence-electron chi connectivity index (χ3n) is 3.20. The molecule has 1 N–H and O–H groups in total. The van der Waals surface area contributed by atoms with Gasteiger partial charge in [0.05, 0.1) is 0 Å². The van der Waals surface area contributed by atoms with Crippen molar-refractivity contribution >= 4 is 17.6 Å². The van der Waals surface area contributed by atoms with Gasteiger partial charge >= 0.3 is 0 Å². The summed E-state index contributed by atoms with van der Waals surface area (Å²) < 4.78 is 0. The maximum Gasteiger partial charge on any atom is 0.131 e. The van der Waals surface area contributed by atoms with Gasteiger partial charge in [-0.15, -0.1) is 0 Å². The number of nitrogens with one attached hydrogen (secondary N) is 1. The van der Waals surface area contributed by atoms with Gasteiger partial charge in [-0.3, -0.25) is 0 Å². The number of rotatable bonds is 7. The molecule has 0 fully saturated rings. The predicted octanol–water partition coefficient (Wildman–Crippen LogP) is 2.69. The molecule has 1 atom stereocenters. The second-order valence-electron chi connectivity index (χ2n) is 4.64. The molecule has 0 spiro atoms. The monoisotopic (exact) mass is 267 g/mol. The van der Waals surface area contributed by atoms with E-state index in [9.17, 15) is 0 Å². The van der Waals surface area contributed by atoms with Crippen LogP contribution in [0.3, 0.4) is 0 Å². The average molecular weight is 267 g/mol. The molecule has 3 nitrogen and oxygen atoms in total. The van der Waals surface area contributed by atoms with Crippen LogP contribution in [-0.4, -0.2) is 37.1 Å². The Hall–Kier alpha value is -0.740. The first-order chi connectivity index (χ1) is 8.63. The molecular formula is C14H25N3S. The number of aryl methyl sites for hydroxylation is 1. The fraction of sp³-hybridized carbons (Fsp3) is 0.643. The van der Waals surface area contributed by atoms with E-state index in [0.29, 0.717) is 6.04 Å². The van der Waals surface area contributed by atoms with Crippen LogP contribution in [0.5, 0.6) is 0 Å². The van der Waals surface area contributed by atoms with E-state index in [1.165, 1.54) is 11.1 Å². The van der Waals surface area contributed by atoms with E-state index in [0.717, 1.165) is 24.5 Å². The molecule has 0 bridgehead atoms. The van der Waals surface area contributed by atoms with Gasteiger partial charge in [0.25, 0.3) is 0 Å². The summed E-state index contributed by atoms with van der Waals surface area (Å²) in [4.78, 5) is 6.94. The van der Waals surface area contributed by atoms with Gasteiger partial charge in [0, 0.05) is 31.6 Å². The highest BCUT2D eigenvalue weighted by atomic mass is 32.2. The summed E-state index contributed by atoms with van der Waals surface area (Å²) >= 11 is 1.89. The number of hydrogen-bond acceptors (Lipinski definition) is 4. The lowest BCUT2D eigenvalue weighted by Crippen LogP contribution is -2.34. The molecule has 0 saturated heterocycles. The first-order valence-corrected chi connectivity index (χ1v) is 7.85. The molecule has 4 heteroatoms. The van der Waals surface area contributed by atoms with E-state index in [2.05, 4.69) is 48.4 Å². The summed E-state index contributed by atoms with van der Waals surface area (Å²) in [6.07, 6.45) is 5.28. The number of aromatic nitrogens is 1. The summed E-state index contributed by atoms with van der Waals surface area (Å²) in [7, 11) is 4.11. The molecule has 0 saturated carbocycles. The van der Waals surface area contributed by atoms with Crippen LogP contribution < -0.4 is 10.2 Å². The van der Waals surface area contributed by atoms with Crippen molar-refractivity contribution in [3.8, 4) is 0 Å². The molecule has 18 heavy (non-hydrogen) atoms. The molecule has 1 unspecified atom stereocenters. The van der Waals surface area contributed by atoms with Crippen LogP contribution >= 0.6 is 11.8 Å². The largest absolute Gasteiger partial charge is 0.356 e. The fourth-order valence-electron chi connectivity index (χ4n) is 2.16. The van der Waals surface area contributed by atoms with Gasteiger partial charge in [-0.1, -0.05) is 6.92 Å². The van der Waals surface area contributed by atoms with Gasteiger partial charge in [-0.05, 0) is 43.8 Å². The molecule has 0 aliphatic carbocycles. The lowest BCUT2D eigenvalue weighted by molar-refractivity contribution is 0.663. The quantitative estimate of drug-likeness (QED) is 0.822. The Morgan fingerprint density at radius 1 is 1.50 bits per heavy atom. The second-order valence-corrected chi connectivity index (χ2v) is 5.55. The maximum atomic E-state index is 4.62. The SMILES string of the molecule is CCC(CSC)N(C)c1ncc(CNC)cc1C. The molecule has 0 amide bonds. The molecular weight excluding hydrogens is 242 g/mol. The zero-order chi connectivity index (χ0) is 13.5. The van der Waals surface area contributed by atoms with Crippen molar-refractivity contribution in [2.24, 2.45) is 0 Å². The van der Waals surface area contributed by atoms with E-state index in [4.69, 9.17) is 0 Å². The number of hydrogen-bond donors (Lipinski definition) is 1. The summed E-state index contributed by atoms with van der Waals surface area (Å²) in [5.74, 6) is 2.25. The van der Waals surface area contributed by atoms with Gasteiger partial charge in [0.1, 0.15) is 5.82 Å². The van der Waals surface area contributed by atoms with Crippen LogP contribution in [-0.2, 0) is 6.54 Å². The summed E-state index contributed by atoms with van der Waals surface area (Å²) in [5.41, 5.74) is 2.50. The summed E-state index contributed by atoms with van der Waals surface area (Å²) in [6.45, 7) is 5.26. The number of anilines is 1. The van der Waals surface area contributed by atoms with Gasteiger partial charge in [0.15, 0.2) is 0 Å². The van der Waals surface area contributed by atoms with Crippen molar-refractivity contribution in [1.82, 2.24) is 10.3 Å². The van der Waals surface area contributed by atoms with Gasteiger partial charge in [-0.25, -0.2) is 4.98 Å². The van der Waals surface area contributed by atoms with E-state index >= 15 is 0 Å². The van der Waals surface area contributed by atoms with E-state index < -0.39 is 0 Å². The molecule has 0 aromatic carbocycles. The van der Waals surface area contributed by atoms with Crippen LogP contribution in [0.1, 0.15) is 24.5 Å². The van der Waals surface area contributed by atoms with Crippen LogP contribution in [0.2, 0.25) is 0 Å². The maximum absolute atomic E-state index is 4.62. The van der Waals surface area contributed by atoms with Crippen molar-refractivity contribution in [1.29, 1.82) is 0 Å². The summed E-state index contributed by atoms with van der Waals surface area (Å²) in [5, 5.41) is 3.16. The molecule has 1 rings (SSSR count). The van der Waals surface area contributed by atoms with E-state index in [-0.39, 0.29) is 0 Å². The molecule has 102 valence electrons. The van der Waals surface area contributed by atoms with Crippen molar-refractivity contribution in [2.45, 2.75) is 32.9 Å². The molecule has 0 radical (unpaired) electrons. The topological polar surface area (TPSA) is 28.2 Å². The lowest BCUT2D eigenvalue weighted by atomic mass is 10.1. The van der Waals surface area contributed by atoms with Crippen molar-refractivity contribution < 1.29 is 0 Å².